The Morgan fingerprint density at radius 2 is 1.79 bits per heavy atom. The molecule has 0 radical (unpaired) electrons. The summed E-state index contributed by atoms with van der Waals surface area (Å²) in [6, 6.07) is 15.1. The van der Waals surface area contributed by atoms with Crippen LogP contribution < -0.4 is 10.5 Å². The Bertz CT molecular complexity index is 1010. The van der Waals surface area contributed by atoms with Crippen LogP contribution in [0.3, 0.4) is 0 Å². The molecule has 1 aliphatic heterocycles. The number of fused-ring (bicyclic) bond motifs is 2. The molecule has 0 saturated carbocycles. The van der Waals surface area contributed by atoms with Gasteiger partial charge in [0.25, 0.3) is 11.5 Å². The number of carbonyl (C=O) groups excluding carboxylic acids is 1. The molecule has 5 heteroatoms. The van der Waals surface area contributed by atoms with Crippen LogP contribution in [0.1, 0.15) is 23.0 Å². The SMILES string of the molecule is CCn1nc(C(=O)N2CCc3ccccc32)c2ccccc2c1=O. The monoisotopic (exact) mass is 319 g/mol. The van der Waals surface area contributed by atoms with Gasteiger partial charge >= 0.3 is 0 Å². The van der Waals surface area contributed by atoms with Gasteiger partial charge in [0.05, 0.1) is 5.39 Å². The Morgan fingerprint density at radius 3 is 2.58 bits per heavy atom. The number of carbonyl (C=O) groups is 1. The molecule has 0 N–H and O–H groups in total. The molecular formula is C19H17N3O2. The normalized spacial score (nSPS) is 13.3. The molecule has 3 aromatic rings. The number of nitrogens with zero attached hydrogens (tertiary/aromatic N) is 3. The summed E-state index contributed by atoms with van der Waals surface area (Å²) in [6.07, 6.45) is 0.841. The minimum absolute atomic E-state index is 0.154. The van der Waals surface area contributed by atoms with E-state index in [1.165, 1.54) is 10.2 Å². The second-order valence-corrected chi connectivity index (χ2v) is 5.85. The molecule has 0 fully saturated rings. The Hall–Kier alpha value is -2.95. The van der Waals surface area contributed by atoms with E-state index >= 15 is 0 Å². The Balaban J connectivity index is 1.90. The number of anilines is 1. The first-order chi connectivity index (χ1) is 11.7. The predicted octanol–water partition coefficient (Wildman–Crippen LogP) is 2.62. The highest BCUT2D eigenvalue weighted by Crippen LogP contribution is 2.29. The minimum atomic E-state index is -0.161. The Morgan fingerprint density at radius 1 is 1.08 bits per heavy atom. The van der Waals surface area contributed by atoms with E-state index in [2.05, 4.69) is 5.10 Å². The number of aromatic nitrogens is 2. The van der Waals surface area contributed by atoms with Crippen LogP contribution in [0, 0.1) is 0 Å². The van der Waals surface area contributed by atoms with Crippen molar-refractivity contribution in [3.05, 3.63) is 70.1 Å². The van der Waals surface area contributed by atoms with Crippen molar-refractivity contribution in [3.63, 3.8) is 0 Å². The number of aryl methyl sites for hydroxylation is 1. The zero-order chi connectivity index (χ0) is 16.7. The van der Waals surface area contributed by atoms with Crippen LogP contribution in [0.15, 0.2) is 53.3 Å². The molecule has 0 unspecified atom stereocenters. The lowest BCUT2D eigenvalue weighted by Crippen LogP contribution is -2.33. The maximum Gasteiger partial charge on any atom is 0.279 e. The molecular weight excluding hydrogens is 302 g/mol. The van der Waals surface area contributed by atoms with Gasteiger partial charge in [0, 0.05) is 24.2 Å². The van der Waals surface area contributed by atoms with Crippen molar-refractivity contribution in [2.24, 2.45) is 0 Å². The van der Waals surface area contributed by atoms with Crippen LogP contribution in [0.5, 0.6) is 0 Å². The highest BCUT2D eigenvalue weighted by atomic mass is 16.2. The standard InChI is InChI=1S/C19H17N3O2/c1-2-22-18(23)15-9-5-4-8-14(15)17(20-22)19(24)21-12-11-13-7-3-6-10-16(13)21/h3-10H,2,11-12H2,1H3. The Labute approximate surface area is 139 Å². The molecule has 4 rings (SSSR count). The van der Waals surface area contributed by atoms with Crippen LogP contribution >= 0.6 is 0 Å². The van der Waals surface area contributed by atoms with E-state index in [1.807, 2.05) is 43.3 Å². The molecule has 2 aromatic carbocycles. The van der Waals surface area contributed by atoms with Crippen molar-refractivity contribution in [2.75, 3.05) is 11.4 Å². The third-order valence-corrected chi connectivity index (χ3v) is 4.50. The van der Waals surface area contributed by atoms with Crippen molar-refractivity contribution in [1.82, 2.24) is 9.78 Å². The zero-order valence-electron chi connectivity index (χ0n) is 13.4. The summed E-state index contributed by atoms with van der Waals surface area (Å²) in [5.74, 6) is -0.154. The molecule has 1 amide bonds. The summed E-state index contributed by atoms with van der Waals surface area (Å²) in [5.41, 5.74) is 2.27. The molecule has 0 aliphatic carbocycles. The molecule has 2 heterocycles. The highest BCUT2D eigenvalue weighted by Gasteiger charge is 2.28. The van der Waals surface area contributed by atoms with Gasteiger partial charge in [-0.1, -0.05) is 36.4 Å². The van der Waals surface area contributed by atoms with Gasteiger partial charge in [0.2, 0.25) is 0 Å². The topological polar surface area (TPSA) is 55.2 Å². The number of hydrogen-bond acceptors (Lipinski definition) is 3. The smallest absolute Gasteiger partial charge is 0.279 e. The molecule has 0 atom stereocenters. The van der Waals surface area contributed by atoms with Crippen LogP contribution in [0.25, 0.3) is 10.8 Å². The third-order valence-electron chi connectivity index (χ3n) is 4.50. The lowest BCUT2D eigenvalue weighted by molar-refractivity contribution is 0.0984. The average molecular weight is 319 g/mol. The maximum absolute atomic E-state index is 13.2. The first kappa shape index (κ1) is 14.6. The summed E-state index contributed by atoms with van der Waals surface area (Å²) in [6.45, 7) is 2.92. The molecule has 0 spiro atoms. The predicted molar refractivity (Wildman–Crippen MR) is 93.5 cm³/mol. The lowest BCUT2D eigenvalue weighted by atomic mass is 10.1. The van der Waals surface area contributed by atoms with Gasteiger partial charge < -0.3 is 4.90 Å². The number of amides is 1. The maximum atomic E-state index is 13.2. The second-order valence-electron chi connectivity index (χ2n) is 5.85. The van der Waals surface area contributed by atoms with Gasteiger partial charge in [0.1, 0.15) is 0 Å². The van der Waals surface area contributed by atoms with Crippen LogP contribution in [0.2, 0.25) is 0 Å². The van der Waals surface area contributed by atoms with Crippen molar-refractivity contribution in [1.29, 1.82) is 0 Å². The van der Waals surface area contributed by atoms with Gasteiger partial charge in [-0.05, 0) is 31.0 Å². The fourth-order valence-electron chi connectivity index (χ4n) is 3.28. The van der Waals surface area contributed by atoms with E-state index in [1.54, 1.807) is 17.0 Å². The van der Waals surface area contributed by atoms with Crippen LogP contribution in [-0.4, -0.2) is 22.2 Å². The van der Waals surface area contributed by atoms with Gasteiger partial charge in [-0.2, -0.15) is 5.10 Å². The largest absolute Gasteiger partial charge is 0.306 e. The van der Waals surface area contributed by atoms with Crippen LogP contribution in [-0.2, 0) is 13.0 Å². The van der Waals surface area contributed by atoms with Crippen molar-refractivity contribution >= 4 is 22.4 Å². The second kappa shape index (κ2) is 5.60. The van der Waals surface area contributed by atoms with E-state index in [4.69, 9.17) is 0 Å². The van der Waals surface area contributed by atoms with E-state index in [0.717, 1.165) is 12.1 Å². The number of benzene rings is 2. The van der Waals surface area contributed by atoms with Gasteiger partial charge in [-0.3, -0.25) is 9.59 Å². The van der Waals surface area contributed by atoms with Crippen molar-refractivity contribution in [2.45, 2.75) is 19.9 Å². The number of para-hydroxylation sites is 1. The summed E-state index contributed by atoms with van der Waals surface area (Å²) < 4.78 is 1.36. The fourth-order valence-corrected chi connectivity index (χ4v) is 3.28. The fraction of sp³-hybridized carbons (Fsp3) is 0.211. The lowest BCUT2D eigenvalue weighted by Gasteiger charge is -2.18. The van der Waals surface area contributed by atoms with Gasteiger partial charge in [-0.25, -0.2) is 4.68 Å². The summed E-state index contributed by atoms with van der Waals surface area (Å²) in [5, 5.41) is 5.49. The van der Waals surface area contributed by atoms with Crippen molar-refractivity contribution in [3.8, 4) is 0 Å². The Kier molecular flexibility index (Phi) is 3.41. The molecule has 1 aromatic heterocycles. The molecule has 120 valence electrons. The zero-order valence-corrected chi connectivity index (χ0v) is 13.4. The van der Waals surface area contributed by atoms with E-state index in [-0.39, 0.29) is 11.5 Å². The highest BCUT2D eigenvalue weighted by molar-refractivity contribution is 6.13. The third kappa shape index (κ3) is 2.12. The first-order valence-corrected chi connectivity index (χ1v) is 8.10. The summed E-state index contributed by atoms with van der Waals surface area (Å²) in [7, 11) is 0. The number of rotatable bonds is 2. The molecule has 0 bridgehead atoms. The van der Waals surface area contributed by atoms with E-state index in [0.29, 0.717) is 29.6 Å². The van der Waals surface area contributed by atoms with Gasteiger partial charge in [0.15, 0.2) is 5.69 Å². The molecule has 1 aliphatic rings. The van der Waals surface area contributed by atoms with E-state index in [9.17, 15) is 9.59 Å². The first-order valence-electron chi connectivity index (χ1n) is 8.10. The average Bonchev–Trinajstić information content (AvgIpc) is 3.06. The van der Waals surface area contributed by atoms with E-state index < -0.39 is 0 Å². The van der Waals surface area contributed by atoms with Gasteiger partial charge in [-0.15, -0.1) is 0 Å². The number of hydrogen-bond donors (Lipinski definition) is 0. The van der Waals surface area contributed by atoms with Crippen LogP contribution in [0.4, 0.5) is 5.69 Å². The molecule has 0 saturated heterocycles. The molecule has 24 heavy (non-hydrogen) atoms. The molecule has 5 nitrogen and oxygen atoms in total. The minimum Gasteiger partial charge on any atom is -0.306 e. The summed E-state index contributed by atoms with van der Waals surface area (Å²) in [4.78, 5) is 27.3. The summed E-state index contributed by atoms with van der Waals surface area (Å²) >= 11 is 0. The van der Waals surface area contributed by atoms with Crippen molar-refractivity contribution < 1.29 is 4.79 Å². The quantitative estimate of drug-likeness (QED) is 0.729.